The standard InChI is InChI=1S/C8H14N4/c9-4-3-7-5-8(12-11-7)10-6-1-2-6/h5-6H,1-4,9H2,(H2,10,11,12). The van der Waals surface area contributed by atoms with Gasteiger partial charge in [-0.15, -0.1) is 0 Å². The summed E-state index contributed by atoms with van der Waals surface area (Å²) in [6, 6.07) is 2.70. The first-order chi connectivity index (χ1) is 5.88. The Hall–Kier alpha value is -1.03. The molecule has 0 bridgehead atoms. The fraction of sp³-hybridized carbons (Fsp3) is 0.625. The zero-order valence-electron chi connectivity index (χ0n) is 7.01. The minimum absolute atomic E-state index is 0.666. The van der Waals surface area contributed by atoms with Crippen LogP contribution < -0.4 is 11.1 Å². The van der Waals surface area contributed by atoms with Gasteiger partial charge in [-0.25, -0.2) is 0 Å². The molecule has 1 aromatic heterocycles. The summed E-state index contributed by atoms with van der Waals surface area (Å²) in [6.07, 6.45) is 3.43. The molecule has 1 saturated carbocycles. The van der Waals surface area contributed by atoms with E-state index in [1.165, 1.54) is 12.8 Å². The van der Waals surface area contributed by atoms with Gasteiger partial charge in [-0.1, -0.05) is 0 Å². The van der Waals surface area contributed by atoms with Crippen LogP contribution in [0.4, 0.5) is 5.82 Å². The van der Waals surface area contributed by atoms with E-state index < -0.39 is 0 Å². The average Bonchev–Trinajstić information content (AvgIpc) is 2.74. The first-order valence-corrected chi connectivity index (χ1v) is 4.39. The zero-order valence-corrected chi connectivity index (χ0v) is 7.01. The number of aromatic amines is 1. The number of aromatic nitrogens is 2. The van der Waals surface area contributed by atoms with Crippen LogP contribution in [0.3, 0.4) is 0 Å². The molecule has 1 fully saturated rings. The first kappa shape index (κ1) is 7.61. The summed E-state index contributed by atoms with van der Waals surface area (Å²) in [5.74, 6) is 0.959. The Labute approximate surface area is 71.5 Å². The van der Waals surface area contributed by atoms with Gasteiger partial charge in [-0.3, -0.25) is 5.10 Å². The number of hydrogen-bond donors (Lipinski definition) is 3. The summed E-state index contributed by atoms with van der Waals surface area (Å²) >= 11 is 0. The minimum Gasteiger partial charge on any atom is -0.366 e. The highest BCUT2D eigenvalue weighted by atomic mass is 15.2. The third-order valence-electron chi connectivity index (χ3n) is 1.97. The van der Waals surface area contributed by atoms with E-state index in [0.29, 0.717) is 12.6 Å². The maximum atomic E-state index is 5.42. The predicted octanol–water partition coefficient (Wildman–Crippen LogP) is 0.485. The molecule has 4 heteroatoms. The molecule has 0 unspecified atom stereocenters. The molecule has 4 N–H and O–H groups in total. The normalized spacial score (nSPS) is 16.4. The average molecular weight is 166 g/mol. The van der Waals surface area contributed by atoms with Gasteiger partial charge in [0.1, 0.15) is 5.82 Å². The summed E-state index contributed by atoms with van der Waals surface area (Å²) in [4.78, 5) is 0. The van der Waals surface area contributed by atoms with Gasteiger partial charge in [0.15, 0.2) is 0 Å². The van der Waals surface area contributed by atoms with Crippen LogP contribution in [0.25, 0.3) is 0 Å². The molecule has 1 aromatic rings. The Balaban J connectivity index is 1.92. The molecule has 0 atom stereocenters. The Morgan fingerprint density at radius 3 is 3.17 bits per heavy atom. The Morgan fingerprint density at radius 2 is 2.50 bits per heavy atom. The highest BCUT2D eigenvalue weighted by Crippen LogP contribution is 2.23. The van der Waals surface area contributed by atoms with E-state index in [-0.39, 0.29) is 0 Å². The Morgan fingerprint density at radius 1 is 1.67 bits per heavy atom. The van der Waals surface area contributed by atoms with Crippen LogP contribution >= 0.6 is 0 Å². The second-order valence-electron chi connectivity index (χ2n) is 3.24. The lowest BCUT2D eigenvalue weighted by Gasteiger charge is -1.95. The van der Waals surface area contributed by atoms with Crippen LogP contribution in [0.1, 0.15) is 18.5 Å². The van der Waals surface area contributed by atoms with Gasteiger partial charge in [0.05, 0.1) is 0 Å². The van der Waals surface area contributed by atoms with Gasteiger partial charge in [-0.05, 0) is 19.4 Å². The highest BCUT2D eigenvalue weighted by Gasteiger charge is 2.21. The van der Waals surface area contributed by atoms with Gasteiger partial charge >= 0.3 is 0 Å². The summed E-state index contributed by atoms with van der Waals surface area (Å²) in [6.45, 7) is 0.672. The maximum absolute atomic E-state index is 5.42. The summed E-state index contributed by atoms with van der Waals surface area (Å²) in [5, 5.41) is 10.4. The van der Waals surface area contributed by atoms with Gasteiger partial charge in [0.25, 0.3) is 0 Å². The molecule has 0 amide bonds. The zero-order chi connectivity index (χ0) is 8.39. The van der Waals surface area contributed by atoms with E-state index in [4.69, 9.17) is 5.73 Å². The molecule has 4 nitrogen and oxygen atoms in total. The quantitative estimate of drug-likeness (QED) is 0.609. The second-order valence-corrected chi connectivity index (χ2v) is 3.24. The first-order valence-electron chi connectivity index (χ1n) is 4.39. The van der Waals surface area contributed by atoms with Crippen LogP contribution in [0.2, 0.25) is 0 Å². The van der Waals surface area contributed by atoms with E-state index in [2.05, 4.69) is 15.5 Å². The fourth-order valence-electron chi connectivity index (χ4n) is 1.16. The lowest BCUT2D eigenvalue weighted by atomic mass is 10.3. The highest BCUT2D eigenvalue weighted by molar-refractivity contribution is 5.37. The SMILES string of the molecule is NCCc1cc(NC2CC2)n[nH]1. The number of anilines is 1. The molecule has 66 valence electrons. The molecule has 0 aliphatic heterocycles. The second kappa shape index (κ2) is 3.15. The molecule has 2 rings (SSSR count). The van der Waals surface area contributed by atoms with Crippen molar-refractivity contribution in [1.82, 2.24) is 10.2 Å². The van der Waals surface area contributed by atoms with Gasteiger partial charge in [-0.2, -0.15) is 5.10 Å². The number of H-pyrrole nitrogens is 1. The van der Waals surface area contributed by atoms with Crippen molar-refractivity contribution in [3.05, 3.63) is 11.8 Å². The Kier molecular flexibility index (Phi) is 1.99. The molecule has 1 aliphatic rings. The van der Waals surface area contributed by atoms with Crippen LogP contribution in [-0.2, 0) is 6.42 Å². The monoisotopic (exact) mass is 166 g/mol. The number of nitrogens with zero attached hydrogens (tertiary/aromatic N) is 1. The van der Waals surface area contributed by atoms with Gasteiger partial charge in [0, 0.05) is 24.2 Å². The van der Waals surface area contributed by atoms with Crippen molar-refractivity contribution in [2.45, 2.75) is 25.3 Å². The maximum Gasteiger partial charge on any atom is 0.148 e. The largest absolute Gasteiger partial charge is 0.366 e. The van der Waals surface area contributed by atoms with E-state index in [1.54, 1.807) is 0 Å². The van der Waals surface area contributed by atoms with Gasteiger partial charge < -0.3 is 11.1 Å². The van der Waals surface area contributed by atoms with E-state index in [1.807, 2.05) is 6.07 Å². The van der Waals surface area contributed by atoms with Gasteiger partial charge in [0.2, 0.25) is 0 Å². The number of nitrogens with one attached hydrogen (secondary N) is 2. The molecule has 0 radical (unpaired) electrons. The number of nitrogens with two attached hydrogens (primary N) is 1. The smallest absolute Gasteiger partial charge is 0.148 e. The summed E-state index contributed by atoms with van der Waals surface area (Å²) in [7, 11) is 0. The van der Waals surface area contributed by atoms with E-state index in [9.17, 15) is 0 Å². The lowest BCUT2D eigenvalue weighted by Crippen LogP contribution is -2.02. The third-order valence-corrected chi connectivity index (χ3v) is 1.97. The van der Waals surface area contributed by atoms with Crippen molar-refractivity contribution in [3.8, 4) is 0 Å². The van der Waals surface area contributed by atoms with Crippen LogP contribution in [0.5, 0.6) is 0 Å². The van der Waals surface area contributed by atoms with Crippen molar-refractivity contribution in [2.24, 2.45) is 5.73 Å². The fourth-order valence-corrected chi connectivity index (χ4v) is 1.16. The minimum atomic E-state index is 0.666. The molecule has 0 spiro atoms. The van der Waals surface area contributed by atoms with Crippen molar-refractivity contribution in [3.63, 3.8) is 0 Å². The van der Waals surface area contributed by atoms with Crippen molar-refractivity contribution >= 4 is 5.82 Å². The Bertz CT molecular complexity index is 251. The van der Waals surface area contributed by atoms with Crippen molar-refractivity contribution < 1.29 is 0 Å². The molecule has 12 heavy (non-hydrogen) atoms. The molecule has 0 saturated heterocycles. The predicted molar refractivity (Wildman–Crippen MR) is 48.0 cm³/mol. The van der Waals surface area contributed by atoms with E-state index in [0.717, 1.165) is 17.9 Å². The lowest BCUT2D eigenvalue weighted by molar-refractivity contribution is 0.900. The van der Waals surface area contributed by atoms with Crippen molar-refractivity contribution in [2.75, 3.05) is 11.9 Å². The molecular formula is C8H14N4. The summed E-state index contributed by atoms with van der Waals surface area (Å²) in [5.41, 5.74) is 6.53. The van der Waals surface area contributed by atoms with E-state index >= 15 is 0 Å². The third kappa shape index (κ3) is 1.76. The van der Waals surface area contributed by atoms with Crippen molar-refractivity contribution in [1.29, 1.82) is 0 Å². The molecule has 1 aliphatic carbocycles. The summed E-state index contributed by atoms with van der Waals surface area (Å²) < 4.78 is 0. The van der Waals surface area contributed by atoms with Crippen LogP contribution in [0, 0.1) is 0 Å². The number of rotatable bonds is 4. The topological polar surface area (TPSA) is 66.7 Å². The van der Waals surface area contributed by atoms with Crippen LogP contribution in [-0.4, -0.2) is 22.8 Å². The number of hydrogen-bond acceptors (Lipinski definition) is 3. The molecular weight excluding hydrogens is 152 g/mol. The van der Waals surface area contributed by atoms with Crippen LogP contribution in [0.15, 0.2) is 6.07 Å². The molecule has 1 heterocycles. The molecule has 0 aromatic carbocycles.